The summed E-state index contributed by atoms with van der Waals surface area (Å²) in [7, 11) is 0. The average Bonchev–Trinajstić information content (AvgIpc) is 1.85. The smallest absolute Gasteiger partial charge is 0.307 e. The van der Waals surface area contributed by atoms with Gasteiger partial charge in [0.2, 0.25) is 0 Å². The molecular formula is C9H16HgO2. The Bertz CT molecular complexity index is 166. The van der Waals surface area contributed by atoms with Crippen molar-refractivity contribution in [1.29, 1.82) is 0 Å². The maximum atomic E-state index is 10.8. The van der Waals surface area contributed by atoms with Crippen molar-refractivity contribution in [3.8, 4) is 0 Å². The van der Waals surface area contributed by atoms with Crippen LogP contribution in [0.4, 0.5) is 0 Å². The molecule has 1 unspecified atom stereocenters. The molecule has 1 aliphatic carbocycles. The van der Waals surface area contributed by atoms with Gasteiger partial charge in [0.05, 0.1) is 5.92 Å². The predicted octanol–water partition coefficient (Wildman–Crippen LogP) is 2.28. The summed E-state index contributed by atoms with van der Waals surface area (Å²) in [4.78, 5) is 10.8. The van der Waals surface area contributed by atoms with Crippen LogP contribution < -0.4 is 0 Å². The first kappa shape index (κ1) is 12.4. The molecule has 1 N–H and O–H groups in total. The zero-order chi connectivity index (χ0) is 8.48. The third kappa shape index (κ3) is 2.72. The summed E-state index contributed by atoms with van der Waals surface area (Å²) in [5.74, 6) is -0.731. The Morgan fingerprint density at radius 2 is 2.00 bits per heavy atom. The van der Waals surface area contributed by atoms with Crippen LogP contribution in [0.5, 0.6) is 0 Å². The van der Waals surface area contributed by atoms with Crippen molar-refractivity contribution >= 4 is 5.97 Å². The van der Waals surface area contributed by atoms with E-state index in [0.29, 0.717) is 0 Å². The standard InChI is InChI=1S/C9H16O2.Hg/c1-9(2)6-4-3-5-7(9)8(10)11;/h7H,3-6H2,1-2H3,(H,10,11);. The molecule has 1 atom stereocenters. The second-order valence-electron chi connectivity index (χ2n) is 4.13. The molecule has 0 aromatic heterocycles. The van der Waals surface area contributed by atoms with Crippen molar-refractivity contribution in [1.82, 2.24) is 0 Å². The number of carboxylic acids is 1. The maximum Gasteiger partial charge on any atom is 0.307 e. The molecule has 3 heteroatoms. The van der Waals surface area contributed by atoms with Gasteiger partial charge in [-0.1, -0.05) is 26.7 Å². The summed E-state index contributed by atoms with van der Waals surface area (Å²) in [6, 6.07) is 0. The molecule has 0 radical (unpaired) electrons. The molecule has 1 rings (SSSR count). The van der Waals surface area contributed by atoms with Gasteiger partial charge in [-0.3, -0.25) is 4.79 Å². The van der Waals surface area contributed by atoms with Crippen LogP contribution in [0.15, 0.2) is 0 Å². The van der Waals surface area contributed by atoms with Crippen LogP contribution in [0.1, 0.15) is 39.5 Å². The zero-order valence-corrected chi connectivity index (χ0v) is 13.5. The summed E-state index contributed by atoms with van der Waals surface area (Å²) in [6.45, 7) is 4.12. The van der Waals surface area contributed by atoms with Gasteiger partial charge in [0.15, 0.2) is 0 Å². The molecule has 2 nitrogen and oxygen atoms in total. The topological polar surface area (TPSA) is 37.3 Å². The van der Waals surface area contributed by atoms with Crippen LogP contribution in [0.25, 0.3) is 0 Å². The fourth-order valence-electron chi connectivity index (χ4n) is 1.95. The number of aliphatic carboxylic acids is 1. The van der Waals surface area contributed by atoms with Crippen LogP contribution in [0.2, 0.25) is 0 Å². The van der Waals surface area contributed by atoms with E-state index in [4.69, 9.17) is 5.11 Å². The Hall–Kier alpha value is 0.405. The molecule has 0 aliphatic heterocycles. The van der Waals surface area contributed by atoms with Crippen LogP contribution >= 0.6 is 0 Å². The second kappa shape index (κ2) is 4.59. The van der Waals surface area contributed by atoms with Gasteiger partial charge >= 0.3 is 5.97 Å². The molecule has 1 saturated carbocycles. The normalized spacial score (nSPS) is 27.3. The Morgan fingerprint density at radius 1 is 1.42 bits per heavy atom. The van der Waals surface area contributed by atoms with Gasteiger partial charge in [0.1, 0.15) is 0 Å². The molecule has 1 aliphatic rings. The summed E-state index contributed by atoms with van der Waals surface area (Å²) in [5.41, 5.74) is 0.0179. The molecule has 0 spiro atoms. The minimum Gasteiger partial charge on any atom is -0.481 e. The number of carbonyl (C=O) groups is 1. The van der Waals surface area contributed by atoms with Crippen molar-refractivity contribution in [2.75, 3.05) is 0 Å². The van der Waals surface area contributed by atoms with Gasteiger partial charge in [-0.2, -0.15) is 0 Å². The quantitative estimate of drug-likeness (QED) is 0.732. The van der Waals surface area contributed by atoms with E-state index >= 15 is 0 Å². The van der Waals surface area contributed by atoms with Gasteiger partial charge in [-0.15, -0.1) is 0 Å². The van der Waals surface area contributed by atoms with Crippen LogP contribution in [-0.2, 0) is 32.5 Å². The minimum atomic E-state index is -0.616. The van der Waals surface area contributed by atoms with E-state index in [2.05, 4.69) is 13.8 Å². The van der Waals surface area contributed by atoms with Gasteiger partial charge in [0.25, 0.3) is 0 Å². The van der Waals surface area contributed by atoms with Crippen LogP contribution in [-0.4, -0.2) is 11.1 Å². The van der Waals surface area contributed by atoms with Crippen molar-refractivity contribution in [3.05, 3.63) is 0 Å². The van der Waals surface area contributed by atoms with Crippen molar-refractivity contribution in [3.63, 3.8) is 0 Å². The molecule has 0 heterocycles. The largest absolute Gasteiger partial charge is 0.481 e. The molecule has 1 fully saturated rings. The zero-order valence-electron chi connectivity index (χ0n) is 7.97. The predicted molar refractivity (Wildman–Crippen MR) is 43.4 cm³/mol. The van der Waals surface area contributed by atoms with Crippen LogP contribution in [0, 0.1) is 11.3 Å². The number of rotatable bonds is 1. The number of carboxylic acid groups (broad SMARTS) is 1. The van der Waals surface area contributed by atoms with Gasteiger partial charge in [-0.05, 0) is 18.3 Å². The fourth-order valence-corrected chi connectivity index (χ4v) is 1.95. The van der Waals surface area contributed by atoms with Crippen molar-refractivity contribution in [2.45, 2.75) is 39.5 Å². The molecule has 66 valence electrons. The molecule has 0 aromatic carbocycles. The molecule has 0 amide bonds. The Balaban J connectivity index is 0.00000121. The monoisotopic (exact) mass is 358 g/mol. The SMILES string of the molecule is CC1(C)CCCCC1C(=O)O.[Hg]. The molecule has 12 heavy (non-hydrogen) atoms. The number of hydrogen-bond donors (Lipinski definition) is 1. The van der Waals surface area contributed by atoms with Crippen LogP contribution in [0.3, 0.4) is 0 Å². The Labute approximate surface area is 94.2 Å². The van der Waals surface area contributed by atoms with E-state index in [9.17, 15) is 4.79 Å². The average molecular weight is 357 g/mol. The maximum absolute atomic E-state index is 10.8. The minimum absolute atomic E-state index is 0. The first-order valence-electron chi connectivity index (χ1n) is 4.27. The van der Waals surface area contributed by atoms with Gasteiger partial charge < -0.3 is 5.11 Å². The van der Waals surface area contributed by atoms with E-state index in [1.54, 1.807) is 0 Å². The third-order valence-electron chi connectivity index (χ3n) is 2.81. The summed E-state index contributed by atoms with van der Waals surface area (Å²) >= 11 is 0. The van der Waals surface area contributed by atoms with E-state index in [1.165, 1.54) is 6.42 Å². The first-order valence-corrected chi connectivity index (χ1v) is 4.27. The summed E-state index contributed by atoms with van der Waals surface area (Å²) in [5, 5.41) is 8.87. The van der Waals surface area contributed by atoms with E-state index < -0.39 is 5.97 Å². The van der Waals surface area contributed by atoms with E-state index in [-0.39, 0.29) is 39.0 Å². The summed E-state index contributed by atoms with van der Waals surface area (Å²) in [6.07, 6.45) is 4.20. The third-order valence-corrected chi connectivity index (χ3v) is 2.81. The molecule has 0 saturated heterocycles. The molecule has 0 aromatic rings. The Kier molecular flexibility index (Phi) is 4.74. The number of hydrogen-bond acceptors (Lipinski definition) is 1. The second-order valence-corrected chi connectivity index (χ2v) is 4.13. The summed E-state index contributed by atoms with van der Waals surface area (Å²) < 4.78 is 0. The fraction of sp³-hybridized carbons (Fsp3) is 0.889. The van der Waals surface area contributed by atoms with Crippen molar-refractivity contribution in [2.24, 2.45) is 11.3 Å². The first-order chi connectivity index (χ1) is 5.04. The molecular weight excluding hydrogens is 341 g/mol. The van der Waals surface area contributed by atoms with Gasteiger partial charge in [0, 0.05) is 27.7 Å². The van der Waals surface area contributed by atoms with Crippen molar-refractivity contribution < 1.29 is 37.6 Å². The van der Waals surface area contributed by atoms with E-state index in [1.807, 2.05) is 0 Å². The van der Waals surface area contributed by atoms with E-state index in [0.717, 1.165) is 19.3 Å². The molecule has 0 bridgehead atoms. The Morgan fingerprint density at radius 3 is 2.33 bits per heavy atom. The van der Waals surface area contributed by atoms with Gasteiger partial charge in [-0.25, -0.2) is 0 Å².